The van der Waals surface area contributed by atoms with Gasteiger partial charge in [0.1, 0.15) is 6.17 Å². The maximum atomic E-state index is 14.5. The molecule has 2 nitrogen and oxygen atoms in total. The highest BCUT2D eigenvalue weighted by molar-refractivity contribution is 5.26. The number of piperidine rings is 1. The Balaban J connectivity index is 2.05. The Bertz CT molecular complexity index is 375. The van der Waals surface area contributed by atoms with E-state index in [0.29, 0.717) is 0 Å². The van der Waals surface area contributed by atoms with Crippen LogP contribution in [0.15, 0.2) is 24.3 Å². The molecule has 1 fully saturated rings. The molecule has 0 bridgehead atoms. The van der Waals surface area contributed by atoms with Crippen LogP contribution in [0.4, 0.5) is 4.39 Å². The molecular weight excluding hydrogens is 227 g/mol. The number of hydrogen-bond acceptors (Lipinski definition) is 2. The van der Waals surface area contributed by atoms with Gasteiger partial charge >= 0.3 is 0 Å². The molecule has 3 unspecified atom stereocenters. The summed E-state index contributed by atoms with van der Waals surface area (Å²) in [5, 5.41) is 0. The fourth-order valence-electron chi connectivity index (χ4n) is 2.70. The van der Waals surface area contributed by atoms with Gasteiger partial charge in [-0.2, -0.15) is 0 Å². The van der Waals surface area contributed by atoms with Crippen molar-refractivity contribution in [3.63, 3.8) is 0 Å². The van der Waals surface area contributed by atoms with Crippen LogP contribution in [0.25, 0.3) is 0 Å². The van der Waals surface area contributed by atoms with Gasteiger partial charge in [-0.25, -0.2) is 4.39 Å². The van der Waals surface area contributed by atoms with E-state index in [9.17, 15) is 4.39 Å². The number of nitrogens with two attached hydrogens (primary N) is 1. The van der Waals surface area contributed by atoms with E-state index in [4.69, 9.17) is 5.73 Å². The monoisotopic (exact) mass is 250 g/mol. The van der Waals surface area contributed by atoms with Crippen LogP contribution in [0.1, 0.15) is 43.1 Å². The van der Waals surface area contributed by atoms with Crippen molar-refractivity contribution in [1.82, 2.24) is 4.90 Å². The number of alkyl halides is 1. The third-order valence-electron chi connectivity index (χ3n) is 3.86. The number of likely N-dealkylation sites (tertiary alicyclic amines) is 1. The molecule has 0 aromatic heterocycles. The first-order valence-electron chi connectivity index (χ1n) is 6.76. The number of hydrogen-bond donors (Lipinski definition) is 1. The van der Waals surface area contributed by atoms with Crippen molar-refractivity contribution in [3.8, 4) is 0 Å². The minimum atomic E-state index is -0.852. The van der Waals surface area contributed by atoms with E-state index in [1.807, 2.05) is 31.2 Å². The molecule has 3 heteroatoms. The number of benzene rings is 1. The molecule has 2 rings (SSSR count). The first kappa shape index (κ1) is 13.5. The van der Waals surface area contributed by atoms with Crippen LogP contribution < -0.4 is 5.73 Å². The van der Waals surface area contributed by atoms with Gasteiger partial charge in [-0.15, -0.1) is 0 Å². The normalized spacial score (nSPS) is 24.8. The fraction of sp³-hybridized carbons (Fsp3) is 0.600. The fourth-order valence-corrected chi connectivity index (χ4v) is 2.70. The van der Waals surface area contributed by atoms with Crippen LogP contribution in [0.2, 0.25) is 0 Å². The van der Waals surface area contributed by atoms with E-state index in [0.717, 1.165) is 37.1 Å². The second-order valence-corrected chi connectivity index (χ2v) is 5.52. The van der Waals surface area contributed by atoms with E-state index in [2.05, 4.69) is 11.9 Å². The SMILES string of the molecule is CC(N)c1ccc(C(F)C2CCCN(C)C2)cc1. The van der Waals surface area contributed by atoms with E-state index in [-0.39, 0.29) is 12.0 Å². The van der Waals surface area contributed by atoms with E-state index in [1.165, 1.54) is 0 Å². The molecule has 18 heavy (non-hydrogen) atoms. The van der Waals surface area contributed by atoms with Crippen molar-refractivity contribution in [2.24, 2.45) is 11.7 Å². The smallest absolute Gasteiger partial charge is 0.129 e. The van der Waals surface area contributed by atoms with Crippen molar-refractivity contribution in [2.45, 2.75) is 32.0 Å². The van der Waals surface area contributed by atoms with Gasteiger partial charge < -0.3 is 10.6 Å². The summed E-state index contributed by atoms with van der Waals surface area (Å²) < 4.78 is 14.5. The Hall–Kier alpha value is -0.930. The minimum absolute atomic E-state index is 0.0120. The lowest BCUT2D eigenvalue weighted by molar-refractivity contribution is 0.126. The van der Waals surface area contributed by atoms with E-state index in [1.54, 1.807) is 0 Å². The third kappa shape index (κ3) is 3.09. The number of rotatable bonds is 3. The van der Waals surface area contributed by atoms with Gasteiger partial charge in [-0.1, -0.05) is 24.3 Å². The van der Waals surface area contributed by atoms with Crippen LogP contribution >= 0.6 is 0 Å². The standard InChI is InChI=1S/C15H23FN2/c1-11(17)12-5-7-13(8-6-12)15(16)14-4-3-9-18(2)10-14/h5-8,11,14-15H,3-4,9-10,17H2,1-2H3. The second-order valence-electron chi connectivity index (χ2n) is 5.52. The molecule has 2 N–H and O–H groups in total. The summed E-state index contributed by atoms with van der Waals surface area (Å²) in [4.78, 5) is 2.22. The van der Waals surface area contributed by atoms with Crippen molar-refractivity contribution < 1.29 is 4.39 Å². The van der Waals surface area contributed by atoms with Crippen LogP contribution in [0, 0.1) is 5.92 Å². The third-order valence-corrected chi connectivity index (χ3v) is 3.86. The highest BCUT2D eigenvalue weighted by Crippen LogP contribution is 2.32. The lowest BCUT2D eigenvalue weighted by atomic mass is 9.89. The summed E-state index contributed by atoms with van der Waals surface area (Å²) in [6.07, 6.45) is 1.23. The zero-order chi connectivity index (χ0) is 13.1. The van der Waals surface area contributed by atoms with Crippen LogP contribution in [-0.2, 0) is 0 Å². The Morgan fingerprint density at radius 2 is 1.89 bits per heavy atom. The molecule has 1 saturated heterocycles. The van der Waals surface area contributed by atoms with Gasteiger partial charge in [-0.3, -0.25) is 0 Å². The molecule has 0 aliphatic carbocycles. The van der Waals surface area contributed by atoms with Gasteiger partial charge in [0.05, 0.1) is 0 Å². The largest absolute Gasteiger partial charge is 0.324 e. The summed E-state index contributed by atoms with van der Waals surface area (Å²) in [6, 6.07) is 7.67. The zero-order valence-corrected chi connectivity index (χ0v) is 11.3. The van der Waals surface area contributed by atoms with E-state index < -0.39 is 6.17 Å². The Labute approximate surface area is 109 Å². The molecule has 3 atom stereocenters. The molecule has 1 aromatic rings. The molecule has 0 saturated carbocycles. The number of halogens is 1. The highest BCUT2D eigenvalue weighted by Gasteiger charge is 2.26. The second kappa shape index (κ2) is 5.81. The molecule has 100 valence electrons. The summed E-state index contributed by atoms with van der Waals surface area (Å²) in [6.45, 7) is 3.89. The van der Waals surface area contributed by atoms with Crippen LogP contribution in [-0.4, -0.2) is 25.0 Å². The molecule has 1 aliphatic rings. The minimum Gasteiger partial charge on any atom is -0.324 e. The van der Waals surface area contributed by atoms with Crippen LogP contribution in [0.3, 0.4) is 0 Å². The maximum Gasteiger partial charge on any atom is 0.129 e. The topological polar surface area (TPSA) is 29.3 Å². The molecule has 0 spiro atoms. The molecule has 1 aliphatic heterocycles. The zero-order valence-electron chi connectivity index (χ0n) is 11.3. The lowest BCUT2D eigenvalue weighted by Crippen LogP contribution is -2.34. The van der Waals surface area contributed by atoms with Gasteiger partial charge in [0.2, 0.25) is 0 Å². The van der Waals surface area contributed by atoms with Crippen molar-refractivity contribution >= 4 is 0 Å². The summed E-state index contributed by atoms with van der Waals surface area (Å²) in [5.41, 5.74) is 7.65. The quantitative estimate of drug-likeness (QED) is 0.893. The average Bonchev–Trinajstić information content (AvgIpc) is 2.38. The first-order valence-corrected chi connectivity index (χ1v) is 6.76. The Morgan fingerprint density at radius 1 is 1.28 bits per heavy atom. The predicted molar refractivity (Wildman–Crippen MR) is 73.1 cm³/mol. The van der Waals surface area contributed by atoms with Crippen molar-refractivity contribution in [3.05, 3.63) is 35.4 Å². The average molecular weight is 250 g/mol. The molecular formula is C15H23FN2. The molecule has 1 heterocycles. The molecule has 0 radical (unpaired) electrons. The van der Waals surface area contributed by atoms with E-state index >= 15 is 0 Å². The first-order chi connectivity index (χ1) is 8.58. The lowest BCUT2D eigenvalue weighted by Gasteiger charge is -2.31. The Kier molecular flexibility index (Phi) is 4.36. The summed E-state index contributed by atoms with van der Waals surface area (Å²) in [5.74, 6) is 0.130. The van der Waals surface area contributed by atoms with Gasteiger partial charge in [-0.05, 0) is 44.5 Å². The van der Waals surface area contributed by atoms with Crippen molar-refractivity contribution in [1.29, 1.82) is 0 Å². The Morgan fingerprint density at radius 3 is 2.44 bits per heavy atom. The molecule has 1 aromatic carbocycles. The maximum absolute atomic E-state index is 14.5. The predicted octanol–water partition coefficient (Wildman–Crippen LogP) is 3.06. The number of nitrogens with zero attached hydrogens (tertiary/aromatic N) is 1. The summed E-state index contributed by atoms with van der Waals surface area (Å²) in [7, 11) is 2.07. The van der Waals surface area contributed by atoms with Crippen molar-refractivity contribution in [2.75, 3.05) is 20.1 Å². The van der Waals surface area contributed by atoms with Crippen LogP contribution in [0.5, 0.6) is 0 Å². The highest BCUT2D eigenvalue weighted by atomic mass is 19.1. The van der Waals surface area contributed by atoms with Gasteiger partial charge in [0, 0.05) is 18.5 Å². The van der Waals surface area contributed by atoms with Gasteiger partial charge in [0.15, 0.2) is 0 Å². The molecule has 0 amide bonds. The summed E-state index contributed by atoms with van der Waals surface area (Å²) >= 11 is 0. The van der Waals surface area contributed by atoms with Gasteiger partial charge in [0.25, 0.3) is 0 Å².